The van der Waals surface area contributed by atoms with Crippen LogP contribution in [-0.2, 0) is 0 Å². The second-order valence-corrected chi connectivity index (χ2v) is 6.52. The maximum atomic E-state index is 5.44. The average molecular weight is 360 g/mol. The highest BCUT2D eigenvalue weighted by Crippen LogP contribution is 2.34. The number of halogens is 1. The van der Waals surface area contributed by atoms with Gasteiger partial charge in [-0.2, -0.15) is 0 Å². The van der Waals surface area contributed by atoms with Crippen molar-refractivity contribution in [1.82, 2.24) is 4.98 Å². The molecule has 0 aliphatic heterocycles. The van der Waals surface area contributed by atoms with Gasteiger partial charge in [0.2, 0.25) is 0 Å². The Kier molecular flexibility index (Phi) is 4.08. The van der Waals surface area contributed by atoms with Crippen LogP contribution in [-0.4, -0.2) is 12.1 Å². The molecule has 0 spiro atoms. The number of hydrogen-bond donors (Lipinski definition) is 0. The second kappa shape index (κ2) is 6.00. The van der Waals surface area contributed by atoms with Crippen molar-refractivity contribution in [2.24, 2.45) is 0 Å². The van der Waals surface area contributed by atoms with Gasteiger partial charge < -0.3 is 4.74 Å². The zero-order valence-electron chi connectivity index (χ0n) is 11.8. The fraction of sp³-hybridized carbons (Fsp3) is 0.118. The van der Waals surface area contributed by atoms with Gasteiger partial charge in [0.15, 0.2) is 0 Å². The highest BCUT2D eigenvalue weighted by atomic mass is 79.9. The first-order valence-corrected chi connectivity index (χ1v) is 8.21. The van der Waals surface area contributed by atoms with E-state index in [1.807, 2.05) is 24.3 Å². The smallest absolute Gasteiger partial charge is 0.128 e. The maximum Gasteiger partial charge on any atom is 0.128 e. The van der Waals surface area contributed by atoms with Crippen molar-refractivity contribution in [2.45, 2.75) is 6.92 Å². The lowest BCUT2D eigenvalue weighted by molar-refractivity contribution is 0.416. The van der Waals surface area contributed by atoms with Gasteiger partial charge in [-0.05, 0) is 31.2 Å². The van der Waals surface area contributed by atoms with Crippen molar-refractivity contribution in [2.75, 3.05) is 7.11 Å². The molecule has 0 aliphatic rings. The van der Waals surface area contributed by atoms with Crippen molar-refractivity contribution >= 4 is 27.3 Å². The minimum Gasteiger partial charge on any atom is -0.496 e. The molecule has 2 nitrogen and oxygen atoms in total. The van der Waals surface area contributed by atoms with Crippen LogP contribution in [0.4, 0.5) is 0 Å². The molecule has 0 fully saturated rings. The number of aryl methyl sites for hydroxylation is 1. The number of methoxy groups -OCH3 is 1. The summed E-state index contributed by atoms with van der Waals surface area (Å²) in [5.74, 6) is 0.855. The molecular formula is C17H14BrNOS. The Labute approximate surface area is 136 Å². The number of hydrogen-bond acceptors (Lipinski definition) is 3. The van der Waals surface area contributed by atoms with E-state index in [-0.39, 0.29) is 0 Å². The number of aromatic nitrogens is 1. The SMILES string of the molecule is COc1ccc(C)cc1-c1csc(-c2ccc(Br)cc2)n1. The zero-order valence-corrected chi connectivity index (χ0v) is 14.2. The lowest BCUT2D eigenvalue weighted by Gasteiger charge is -2.07. The van der Waals surface area contributed by atoms with E-state index < -0.39 is 0 Å². The summed E-state index contributed by atoms with van der Waals surface area (Å²) in [6.07, 6.45) is 0. The summed E-state index contributed by atoms with van der Waals surface area (Å²) >= 11 is 5.10. The van der Waals surface area contributed by atoms with Crippen LogP contribution in [0.2, 0.25) is 0 Å². The minimum absolute atomic E-state index is 0.855. The van der Waals surface area contributed by atoms with E-state index in [1.165, 1.54) is 5.56 Å². The van der Waals surface area contributed by atoms with E-state index in [4.69, 9.17) is 9.72 Å². The molecule has 2 aromatic carbocycles. The van der Waals surface area contributed by atoms with E-state index in [1.54, 1.807) is 18.4 Å². The van der Waals surface area contributed by atoms with Crippen molar-refractivity contribution in [1.29, 1.82) is 0 Å². The summed E-state index contributed by atoms with van der Waals surface area (Å²) in [6, 6.07) is 14.3. The van der Waals surface area contributed by atoms with Gasteiger partial charge in [0, 0.05) is 21.0 Å². The molecule has 1 heterocycles. The summed E-state index contributed by atoms with van der Waals surface area (Å²) in [5.41, 5.74) is 4.32. The summed E-state index contributed by atoms with van der Waals surface area (Å²) in [7, 11) is 1.69. The summed E-state index contributed by atoms with van der Waals surface area (Å²) in [4.78, 5) is 4.75. The van der Waals surface area contributed by atoms with Crippen molar-refractivity contribution in [3.05, 3.63) is 57.9 Å². The zero-order chi connectivity index (χ0) is 14.8. The minimum atomic E-state index is 0.855. The second-order valence-electron chi connectivity index (χ2n) is 4.75. The molecule has 0 atom stereocenters. The van der Waals surface area contributed by atoms with Crippen LogP contribution in [0.5, 0.6) is 5.75 Å². The predicted molar refractivity (Wildman–Crippen MR) is 92.0 cm³/mol. The van der Waals surface area contributed by atoms with Crippen molar-refractivity contribution in [3.63, 3.8) is 0 Å². The third-order valence-electron chi connectivity index (χ3n) is 3.23. The lowest BCUT2D eigenvalue weighted by atomic mass is 10.1. The standard InChI is InChI=1S/C17H14BrNOS/c1-11-3-8-16(20-2)14(9-11)15-10-21-17(19-15)12-4-6-13(18)7-5-12/h3-10H,1-2H3. The van der Waals surface area contributed by atoms with Crippen LogP contribution < -0.4 is 4.74 Å². The van der Waals surface area contributed by atoms with E-state index in [9.17, 15) is 0 Å². The number of thiazole rings is 1. The molecule has 0 saturated carbocycles. The predicted octanol–water partition coefficient (Wildman–Crippen LogP) is 5.56. The van der Waals surface area contributed by atoms with E-state index in [0.717, 1.165) is 32.1 Å². The number of ether oxygens (including phenoxy) is 1. The van der Waals surface area contributed by atoms with Gasteiger partial charge in [0.1, 0.15) is 10.8 Å². The van der Waals surface area contributed by atoms with Crippen LogP contribution in [0.3, 0.4) is 0 Å². The Bertz CT molecular complexity index is 765. The van der Waals surface area contributed by atoms with Gasteiger partial charge >= 0.3 is 0 Å². The molecule has 106 valence electrons. The maximum absolute atomic E-state index is 5.44. The first-order valence-electron chi connectivity index (χ1n) is 6.54. The lowest BCUT2D eigenvalue weighted by Crippen LogP contribution is -1.89. The summed E-state index contributed by atoms with van der Waals surface area (Å²) < 4.78 is 6.52. The molecule has 0 unspecified atom stereocenters. The molecule has 0 radical (unpaired) electrons. The van der Waals surface area contributed by atoms with Gasteiger partial charge in [-0.25, -0.2) is 4.98 Å². The number of benzene rings is 2. The van der Waals surface area contributed by atoms with Crippen LogP contribution in [0.1, 0.15) is 5.56 Å². The van der Waals surface area contributed by atoms with Gasteiger partial charge in [-0.3, -0.25) is 0 Å². The molecular weight excluding hydrogens is 346 g/mol. The highest BCUT2D eigenvalue weighted by Gasteiger charge is 2.11. The quantitative estimate of drug-likeness (QED) is 0.610. The van der Waals surface area contributed by atoms with Crippen LogP contribution in [0.15, 0.2) is 52.3 Å². The van der Waals surface area contributed by atoms with E-state index >= 15 is 0 Å². The molecule has 0 aliphatic carbocycles. The highest BCUT2D eigenvalue weighted by molar-refractivity contribution is 9.10. The monoisotopic (exact) mass is 359 g/mol. The normalized spacial score (nSPS) is 10.6. The summed E-state index contributed by atoms with van der Waals surface area (Å²) in [5, 5.41) is 3.09. The van der Waals surface area contributed by atoms with Gasteiger partial charge in [-0.1, -0.05) is 39.7 Å². The third-order valence-corrected chi connectivity index (χ3v) is 4.65. The van der Waals surface area contributed by atoms with Crippen molar-refractivity contribution in [3.8, 4) is 27.6 Å². The Morgan fingerprint density at radius 2 is 1.86 bits per heavy atom. The van der Waals surface area contributed by atoms with E-state index in [2.05, 4.69) is 46.4 Å². The van der Waals surface area contributed by atoms with Crippen LogP contribution in [0.25, 0.3) is 21.8 Å². The van der Waals surface area contributed by atoms with Crippen molar-refractivity contribution < 1.29 is 4.74 Å². The van der Waals surface area contributed by atoms with Crippen LogP contribution >= 0.6 is 27.3 Å². The fourth-order valence-electron chi connectivity index (χ4n) is 2.14. The molecule has 3 aromatic rings. The Balaban J connectivity index is 2.02. The summed E-state index contributed by atoms with van der Waals surface area (Å²) in [6.45, 7) is 2.07. The van der Waals surface area contributed by atoms with E-state index in [0.29, 0.717) is 0 Å². The molecule has 3 rings (SSSR count). The topological polar surface area (TPSA) is 22.1 Å². The van der Waals surface area contributed by atoms with Gasteiger partial charge in [0.05, 0.1) is 12.8 Å². The molecule has 0 amide bonds. The molecule has 0 saturated heterocycles. The van der Waals surface area contributed by atoms with Gasteiger partial charge in [0.25, 0.3) is 0 Å². The third kappa shape index (κ3) is 3.01. The van der Waals surface area contributed by atoms with Crippen LogP contribution in [0, 0.1) is 6.92 Å². The Morgan fingerprint density at radius 3 is 2.57 bits per heavy atom. The largest absolute Gasteiger partial charge is 0.496 e. The first-order chi connectivity index (χ1) is 10.2. The Morgan fingerprint density at radius 1 is 1.10 bits per heavy atom. The Hall–Kier alpha value is -1.65. The number of nitrogens with zero attached hydrogens (tertiary/aromatic N) is 1. The number of rotatable bonds is 3. The average Bonchev–Trinajstić information content (AvgIpc) is 2.97. The van der Waals surface area contributed by atoms with Gasteiger partial charge in [-0.15, -0.1) is 11.3 Å². The molecule has 0 bridgehead atoms. The molecule has 4 heteroatoms. The first kappa shape index (κ1) is 14.3. The molecule has 21 heavy (non-hydrogen) atoms. The molecule has 0 N–H and O–H groups in total. The fourth-order valence-corrected chi connectivity index (χ4v) is 3.23. The molecule has 1 aromatic heterocycles.